The van der Waals surface area contributed by atoms with Crippen LogP contribution in [-0.4, -0.2) is 62.3 Å². The fourth-order valence-corrected chi connectivity index (χ4v) is 12.8. The van der Waals surface area contributed by atoms with Gasteiger partial charge in [-0.05, 0) is 91.3 Å². The normalized spacial score (nSPS) is 64.6. The average Bonchev–Trinajstić information content (AvgIpc) is 3.18. The van der Waals surface area contributed by atoms with Crippen molar-refractivity contribution in [3.05, 3.63) is 0 Å². The molecular weight excluding hydrogens is 456 g/mol. The van der Waals surface area contributed by atoms with Crippen molar-refractivity contribution < 1.29 is 29.9 Å². The van der Waals surface area contributed by atoms with Gasteiger partial charge in [-0.3, -0.25) is 0 Å². The Kier molecular flexibility index (Phi) is 4.51. The Morgan fingerprint density at radius 1 is 0.778 bits per heavy atom. The predicted molar refractivity (Wildman–Crippen MR) is 134 cm³/mol. The van der Waals surface area contributed by atoms with Crippen molar-refractivity contribution >= 4 is 0 Å². The number of hydrogen-bond donors (Lipinski definition) is 4. The maximum Gasteiger partial charge on any atom is 0.173 e. The van der Waals surface area contributed by atoms with Crippen LogP contribution in [0.25, 0.3) is 0 Å². The number of ether oxygens (including phenoxy) is 2. The molecule has 5 aliphatic carbocycles. The van der Waals surface area contributed by atoms with E-state index in [9.17, 15) is 20.4 Å². The van der Waals surface area contributed by atoms with Crippen LogP contribution < -0.4 is 0 Å². The van der Waals surface area contributed by atoms with Gasteiger partial charge < -0.3 is 29.9 Å². The van der Waals surface area contributed by atoms with E-state index < -0.39 is 35.1 Å². The van der Waals surface area contributed by atoms with Gasteiger partial charge in [0.05, 0.1) is 30.0 Å². The molecule has 2 bridgehead atoms. The molecule has 2 heterocycles. The van der Waals surface area contributed by atoms with Crippen LogP contribution in [0.4, 0.5) is 0 Å². The van der Waals surface area contributed by atoms with E-state index in [-0.39, 0.29) is 51.6 Å². The van der Waals surface area contributed by atoms with E-state index in [4.69, 9.17) is 9.47 Å². The van der Waals surface area contributed by atoms with Gasteiger partial charge in [-0.1, -0.05) is 34.6 Å². The van der Waals surface area contributed by atoms with Crippen LogP contribution in [0.3, 0.4) is 0 Å². The molecule has 4 N–H and O–H groups in total. The molecule has 6 heteroatoms. The Morgan fingerprint density at radius 3 is 2.08 bits per heavy atom. The van der Waals surface area contributed by atoms with Crippen LogP contribution in [-0.2, 0) is 9.47 Å². The summed E-state index contributed by atoms with van der Waals surface area (Å²) in [7, 11) is 0. The molecule has 0 radical (unpaired) electrons. The summed E-state index contributed by atoms with van der Waals surface area (Å²) < 4.78 is 13.7. The highest BCUT2D eigenvalue weighted by atomic mass is 16.8. The second-order valence-electron chi connectivity index (χ2n) is 16.2. The van der Waals surface area contributed by atoms with Gasteiger partial charge >= 0.3 is 0 Å². The third-order valence-electron chi connectivity index (χ3n) is 14.0. The molecule has 14 atom stereocenters. The minimum absolute atomic E-state index is 0.00299. The van der Waals surface area contributed by atoms with E-state index in [1.54, 1.807) is 0 Å². The number of hydrogen-bond acceptors (Lipinski definition) is 6. The lowest BCUT2D eigenvalue weighted by Gasteiger charge is -2.65. The van der Waals surface area contributed by atoms with Gasteiger partial charge in [-0.15, -0.1) is 0 Å². The molecule has 7 rings (SSSR count). The molecule has 3 spiro atoms. The van der Waals surface area contributed by atoms with Crippen LogP contribution >= 0.6 is 0 Å². The molecule has 204 valence electrons. The van der Waals surface area contributed by atoms with Gasteiger partial charge in [0, 0.05) is 18.3 Å². The second-order valence-corrected chi connectivity index (χ2v) is 16.2. The summed E-state index contributed by atoms with van der Waals surface area (Å²) in [5.41, 5.74) is -1.76. The highest BCUT2D eigenvalue weighted by molar-refractivity contribution is 5.35. The standard InChI is InChI=1S/C30H48O6/c1-15-12-16-23(25(4,5)34)36-30(35-16)13-27(7)22-19(33)18(32)21-24(2,3)17(31)8-9-28(21)14-29(22,28)11-10-26(27,6)20(15)30/h15-23,31-34H,8-14H2,1-7H3/t15-,16-,17+,18+,19+,20-,21-,22+,23-,26-,27+,28-,29+,30-/m1/s1. The number of aliphatic hydroxyl groups excluding tert-OH is 3. The van der Waals surface area contributed by atoms with Crippen molar-refractivity contribution in [2.45, 2.75) is 135 Å². The third-order valence-corrected chi connectivity index (χ3v) is 14.0. The van der Waals surface area contributed by atoms with Gasteiger partial charge in [0.25, 0.3) is 0 Å². The quantitative estimate of drug-likeness (QED) is 0.435. The number of fused-ring (bicyclic) bond motifs is 4. The number of rotatable bonds is 1. The van der Waals surface area contributed by atoms with Crippen molar-refractivity contribution in [2.24, 2.45) is 50.7 Å². The van der Waals surface area contributed by atoms with Crippen LogP contribution in [0.5, 0.6) is 0 Å². The lowest BCUT2D eigenvalue weighted by Crippen LogP contribution is -2.66. The molecule has 7 aliphatic rings. The summed E-state index contributed by atoms with van der Waals surface area (Å²) in [6.07, 6.45) is 3.91. The third kappa shape index (κ3) is 2.40. The van der Waals surface area contributed by atoms with Crippen LogP contribution in [0.1, 0.15) is 93.4 Å². The largest absolute Gasteiger partial charge is 0.393 e. The maximum atomic E-state index is 12.0. The van der Waals surface area contributed by atoms with E-state index >= 15 is 0 Å². The molecule has 36 heavy (non-hydrogen) atoms. The fourth-order valence-electron chi connectivity index (χ4n) is 12.8. The van der Waals surface area contributed by atoms with E-state index in [2.05, 4.69) is 34.6 Å². The first-order valence-corrected chi connectivity index (χ1v) is 14.6. The molecule has 7 fully saturated rings. The van der Waals surface area contributed by atoms with Crippen molar-refractivity contribution in [2.75, 3.05) is 0 Å². The molecule has 0 aromatic rings. The average molecular weight is 505 g/mol. The highest BCUT2D eigenvalue weighted by Gasteiger charge is 2.88. The second kappa shape index (κ2) is 6.55. The highest BCUT2D eigenvalue weighted by Crippen LogP contribution is 2.90. The van der Waals surface area contributed by atoms with Gasteiger partial charge in [0.1, 0.15) is 6.10 Å². The molecule has 2 saturated heterocycles. The summed E-state index contributed by atoms with van der Waals surface area (Å²) in [4.78, 5) is 0. The molecule has 0 amide bonds. The molecule has 0 aromatic carbocycles. The predicted octanol–water partition coefficient (Wildman–Crippen LogP) is 3.63. The number of aliphatic hydroxyl groups is 4. The van der Waals surface area contributed by atoms with Gasteiger partial charge in [0.15, 0.2) is 5.79 Å². The van der Waals surface area contributed by atoms with Crippen molar-refractivity contribution in [1.29, 1.82) is 0 Å². The summed E-state index contributed by atoms with van der Waals surface area (Å²) in [5.74, 6) is -0.269. The Labute approximate surface area is 216 Å². The molecule has 6 nitrogen and oxygen atoms in total. The van der Waals surface area contributed by atoms with Crippen molar-refractivity contribution in [3.63, 3.8) is 0 Å². The van der Waals surface area contributed by atoms with E-state index in [0.29, 0.717) is 12.3 Å². The van der Waals surface area contributed by atoms with Crippen molar-refractivity contribution in [1.82, 2.24) is 0 Å². The minimum atomic E-state index is -0.984. The Bertz CT molecular complexity index is 990. The van der Waals surface area contributed by atoms with E-state index in [1.807, 2.05) is 13.8 Å². The molecule has 0 aromatic heterocycles. The first kappa shape index (κ1) is 24.8. The van der Waals surface area contributed by atoms with Crippen molar-refractivity contribution in [3.8, 4) is 0 Å². The minimum Gasteiger partial charge on any atom is -0.393 e. The van der Waals surface area contributed by atoms with Crippen LogP contribution in [0, 0.1) is 50.7 Å². The lowest BCUT2D eigenvalue weighted by atomic mass is 9.40. The lowest BCUT2D eigenvalue weighted by molar-refractivity contribution is -0.248. The molecular formula is C30H48O6. The molecule has 2 aliphatic heterocycles. The summed E-state index contributed by atoms with van der Waals surface area (Å²) in [6.45, 7) is 15.0. The molecule has 0 unspecified atom stereocenters. The Morgan fingerprint density at radius 2 is 1.42 bits per heavy atom. The zero-order chi connectivity index (χ0) is 26.1. The summed E-state index contributed by atoms with van der Waals surface area (Å²) >= 11 is 0. The van der Waals surface area contributed by atoms with E-state index in [1.165, 1.54) is 0 Å². The Balaban J connectivity index is 1.34. The SMILES string of the molecule is C[C@@H]1C[C@H]2O[C@]3(C[C@@]4(C)[C@@H]5[C@@H](O)[C@H](O)[C@@H]6C(C)(C)[C@@H](O)CC[C@@]67C[C@@]57CC[C@]4(C)[C@@H]13)O[C@H]2C(C)(C)O. The molecule has 5 saturated carbocycles. The van der Waals surface area contributed by atoms with Crippen LogP contribution in [0.2, 0.25) is 0 Å². The van der Waals surface area contributed by atoms with Gasteiger partial charge in [-0.25, -0.2) is 0 Å². The van der Waals surface area contributed by atoms with Gasteiger partial charge in [0.2, 0.25) is 0 Å². The first-order valence-electron chi connectivity index (χ1n) is 14.6. The fraction of sp³-hybridized carbons (Fsp3) is 1.00. The topological polar surface area (TPSA) is 99.4 Å². The summed E-state index contributed by atoms with van der Waals surface area (Å²) in [5, 5.41) is 45.7. The maximum absolute atomic E-state index is 12.0. The first-order chi connectivity index (χ1) is 16.5. The smallest absolute Gasteiger partial charge is 0.173 e. The zero-order valence-corrected chi connectivity index (χ0v) is 23.3. The zero-order valence-electron chi connectivity index (χ0n) is 23.3. The monoisotopic (exact) mass is 504 g/mol. The van der Waals surface area contributed by atoms with Gasteiger partial charge in [-0.2, -0.15) is 0 Å². The van der Waals surface area contributed by atoms with Crippen LogP contribution in [0.15, 0.2) is 0 Å². The van der Waals surface area contributed by atoms with E-state index in [0.717, 1.165) is 38.5 Å². The summed E-state index contributed by atoms with van der Waals surface area (Å²) in [6, 6.07) is 0. The Hall–Kier alpha value is -0.240.